The first-order valence-corrected chi connectivity index (χ1v) is 9.25. The van der Waals surface area contributed by atoms with Crippen molar-refractivity contribution < 1.29 is 13.2 Å². The molecule has 0 radical (unpaired) electrons. The smallest absolute Gasteiger partial charge is 0.218 e. The van der Waals surface area contributed by atoms with Crippen LogP contribution in [0.4, 0.5) is 5.69 Å². The van der Waals surface area contributed by atoms with Crippen LogP contribution in [-0.4, -0.2) is 15.5 Å². The lowest BCUT2D eigenvalue weighted by molar-refractivity contribution is 0.414. The molecule has 0 fully saturated rings. The van der Waals surface area contributed by atoms with Gasteiger partial charge in [0.25, 0.3) is 0 Å². The third-order valence-corrected chi connectivity index (χ3v) is 5.55. The zero-order valence-electron chi connectivity index (χ0n) is 12.5. The summed E-state index contributed by atoms with van der Waals surface area (Å²) in [4.78, 5) is -0.425. The summed E-state index contributed by atoms with van der Waals surface area (Å²) in [7, 11) is -2.46. The second kappa shape index (κ2) is 7.71. The molecule has 8 heteroatoms. The highest BCUT2D eigenvalue weighted by molar-refractivity contribution is 9.10. The van der Waals surface area contributed by atoms with Crippen LogP contribution in [0.2, 0.25) is 5.02 Å². The molecule has 0 heterocycles. The van der Waals surface area contributed by atoms with Crippen molar-refractivity contribution in [2.24, 2.45) is 0 Å². The van der Waals surface area contributed by atoms with Gasteiger partial charge in [-0.3, -0.25) is 0 Å². The molecule has 0 unspecified atom stereocenters. The highest BCUT2D eigenvalue weighted by atomic mass is 79.9. The maximum absolute atomic E-state index is 12.5. The van der Waals surface area contributed by atoms with Gasteiger partial charge < -0.3 is 10.1 Å². The third-order valence-electron chi connectivity index (χ3n) is 3.06. The quantitative estimate of drug-likeness (QED) is 0.717. The number of nitrogens with one attached hydrogen (secondary N) is 1. The molecule has 0 saturated heterocycles. The van der Waals surface area contributed by atoms with E-state index in [-0.39, 0.29) is 4.90 Å². The average Bonchev–Trinajstić information content (AvgIpc) is 2.57. The Kier molecular flexibility index (Phi) is 5.89. The molecule has 1 N–H and O–H groups in total. The Hall–Kier alpha value is -2.01. The first-order chi connectivity index (χ1) is 11.4. The van der Waals surface area contributed by atoms with E-state index < -0.39 is 14.7 Å². The fourth-order valence-corrected chi connectivity index (χ4v) is 3.61. The van der Waals surface area contributed by atoms with Crippen LogP contribution in [0.3, 0.4) is 0 Å². The second-order valence-electron chi connectivity index (χ2n) is 4.57. The summed E-state index contributed by atoms with van der Waals surface area (Å²) in [6.07, 6.45) is 1.12. The van der Waals surface area contributed by atoms with E-state index in [1.165, 1.54) is 31.4 Å². The van der Waals surface area contributed by atoms with Crippen LogP contribution in [0.1, 0.15) is 0 Å². The molecule has 0 spiro atoms. The van der Waals surface area contributed by atoms with E-state index in [9.17, 15) is 13.7 Å². The van der Waals surface area contributed by atoms with Gasteiger partial charge in [-0.1, -0.05) is 27.5 Å². The van der Waals surface area contributed by atoms with Gasteiger partial charge in [0, 0.05) is 10.7 Å². The maximum atomic E-state index is 12.5. The first kappa shape index (κ1) is 18.3. The number of benzene rings is 2. The van der Waals surface area contributed by atoms with E-state index in [0.29, 0.717) is 16.5 Å². The molecule has 0 aromatic heterocycles. The van der Waals surface area contributed by atoms with E-state index in [1.807, 2.05) is 0 Å². The Morgan fingerprint density at radius 2 is 1.96 bits per heavy atom. The van der Waals surface area contributed by atoms with Gasteiger partial charge in [-0.15, -0.1) is 0 Å². The zero-order valence-corrected chi connectivity index (χ0v) is 15.6. The van der Waals surface area contributed by atoms with Crippen LogP contribution in [0.15, 0.2) is 62.9 Å². The van der Waals surface area contributed by atoms with Crippen LogP contribution in [-0.2, 0) is 9.84 Å². The van der Waals surface area contributed by atoms with Crippen molar-refractivity contribution in [3.05, 3.63) is 63.1 Å². The van der Waals surface area contributed by atoms with E-state index >= 15 is 0 Å². The predicted octanol–water partition coefficient (Wildman–Crippen LogP) is 4.36. The van der Waals surface area contributed by atoms with Crippen LogP contribution < -0.4 is 10.1 Å². The van der Waals surface area contributed by atoms with E-state index in [2.05, 4.69) is 21.2 Å². The number of hydrogen-bond donors (Lipinski definition) is 1. The number of anilines is 1. The van der Waals surface area contributed by atoms with Gasteiger partial charge in [0.05, 0.1) is 22.7 Å². The van der Waals surface area contributed by atoms with Crippen LogP contribution in [0, 0.1) is 11.3 Å². The summed E-state index contributed by atoms with van der Waals surface area (Å²) in [5.41, 5.74) is 0.484. The van der Waals surface area contributed by atoms with Gasteiger partial charge >= 0.3 is 0 Å². The summed E-state index contributed by atoms with van der Waals surface area (Å²) in [6.45, 7) is 0. The Labute approximate surface area is 153 Å². The molecule has 2 aromatic rings. The molecule has 5 nitrogen and oxygen atoms in total. The second-order valence-corrected chi connectivity index (χ2v) is 7.81. The highest BCUT2D eigenvalue weighted by Crippen LogP contribution is 2.27. The fourth-order valence-electron chi connectivity index (χ4n) is 1.80. The molecule has 2 rings (SSSR count). The molecule has 0 aliphatic carbocycles. The molecule has 0 amide bonds. The van der Waals surface area contributed by atoms with Crippen molar-refractivity contribution in [2.45, 2.75) is 4.90 Å². The van der Waals surface area contributed by atoms with Crippen LogP contribution in [0.5, 0.6) is 5.75 Å². The van der Waals surface area contributed by atoms with Gasteiger partial charge in [-0.2, -0.15) is 5.26 Å². The molecule has 0 bridgehead atoms. The monoisotopic (exact) mass is 426 g/mol. The molecular weight excluding hydrogens is 416 g/mol. The molecule has 0 saturated carbocycles. The minimum atomic E-state index is -3.94. The number of ether oxygens (including phenoxy) is 1. The maximum Gasteiger partial charge on any atom is 0.218 e. The molecule has 124 valence electrons. The number of allylic oxidation sites excluding steroid dienone is 1. The van der Waals surface area contributed by atoms with Crippen molar-refractivity contribution in [2.75, 3.05) is 12.4 Å². The van der Waals surface area contributed by atoms with Crippen molar-refractivity contribution in [3.63, 3.8) is 0 Å². The largest absolute Gasteiger partial charge is 0.497 e. The number of sulfone groups is 1. The van der Waals surface area contributed by atoms with Crippen LogP contribution >= 0.6 is 27.5 Å². The van der Waals surface area contributed by atoms with Crippen molar-refractivity contribution in [1.29, 1.82) is 5.26 Å². The number of rotatable bonds is 5. The van der Waals surface area contributed by atoms with E-state index in [0.717, 1.165) is 10.7 Å². The molecule has 0 aliphatic rings. The normalized spacial score (nSPS) is 11.7. The number of nitrogens with zero attached hydrogens (tertiary/aromatic N) is 1. The fraction of sp³-hybridized carbons (Fsp3) is 0.0625. The number of hydrogen-bond acceptors (Lipinski definition) is 5. The summed E-state index contributed by atoms with van der Waals surface area (Å²) in [5.74, 6) is 0.524. The molecule has 0 atom stereocenters. The number of nitriles is 1. The minimum absolute atomic E-state index is 0.000182. The van der Waals surface area contributed by atoms with Crippen molar-refractivity contribution >= 4 is 43.1 Å². The summed E-state index contributed by atoms with van der Waals surface area (Å²) < 4.78 is 30.8. The van der Waals surface area contributed by atoms with Crippen molar-refractivity contribution in [3.8, 4) is 11.8 Å². The van der Waals surface area contributed by atoms with E-state index in [4.69, 9.17) is 16.3 Å². The lowest BCUT2D eigenvalue weighted by atomic mass is 10.3. The third kappa shape index (κ3) is 4.09. The van der Waals surface area contributed by atoms with Gasteiger partial charge in [0.2, 0.25) is 9.84 Å². The summed E-state index contributed by atoms with van der Waals surface area (Å²) in [5, 5.41) is 12.3. The lowest BCUT2D eigenvalue weighted by Gasteiger charge is -2.07. The highest BCUT2D eigenvalue weighted by Gasteiger charge is 2.21. The molecular formula is C16H12BrClN2O3S. The Bertz CT molecular complexity index is 919. The summed E-state index contributed by atoms with van der Waals surface area (Å²) >= 11 is 9.33. The summed E-state index contributed by atoms with van der Waals surface area (Å²) in [6, 6.07) is 12.6. The van der Waals surface area contributed by atoms with Gasteiger partial charge in [-0.05, 0) is 42.5 Å². The van der Waals surface area contributed by atoms with Crippen molar-refractivity contribution in [1.82, 2.24) is 0 Å². The van der Waals surface area contributed by atoms with Gasteiger partial charge in [-0.25, -0.2) is 8.42 Å². The average molecular weight is 428 g/mol. The standard InChI is InChI=1S/C16H12BrClN2O3S/c1-23-12-3-5-13(6-4-12)24(21,22)14(9-19)10-20-16-7-2-11(17)8-15(16)18/h2-8,10,20H,1H3. The topological polar surface area (TPSA) is 79.2 Å². The predicted molar refractivity (Wildman–Crippen MR) is 96.7 cm³/mol. The Morgan fingerprint density at radius 1 is 1.29 bits per heavy atom. The van der Waals surface area contributed by atoms with E-state index in [1.54, 1.807) is 24.3 Å². The number of methoxy groups -OCH3 is 1. The lowest BCUT2D eigenvalue weighted by Crippen LogP contribution is -2.05. The first-order valence-electron chi connectivity index (χ1n) is 6.59. The Morgan fingerprint density at radius 3 is 2.50 bits per heavy atom. The Balaban J connectivity index is 2.33. The zero-order chi connectivity index (χ0) is 17.7. The van der Waals surface area contributed by atoms with Crippen LogP contribution in [0.25, 0.3) is 0 Å². The van der Waals surface area contributed by atoms with Gasteiger partial charge in [0.1, 0.15) is 11.8 Å². The molecule has 2 aromatic carbocycles. The molecule has 0 aliphatic heterocycles. The number of halogens is 2. The minimum Gasteiger partial charge on any atom is -0.497 e. The molecule has 24 heavy (non-hydrogen) atoms. The SMILES string of the molecule is COc1ccc(S(=O)(=O)C(C#N)=CNc2ccc(Br)cc2Cl)cc1. The van der Waals surface area contributed by atoms with Gasteiger partial charge in [0.15, 0.2) is 4.91 Å².